The van der Waals surface area contributed by atoms with Gasteiger partial charge in [0.1, 0.15) is 0 Å². The second kappa shape index (κ2) is 12.1. The van der Waals surface area contributed by atoms with Crippen molar-refractivity contribution in [1.29, 1.82) is 0 Å². The van der Waals surface area contributed by atoms with Crippen LogP contribution in [-0.2, 0) is 31.1 Å². The molecule has 2 unspecified atom stereocenters. The summed E-state index contributed by atoms with van der Waals surface area (Å²) in [7, 11) is -1.17. The molecule has 2 bridgehead atoms. The van der Waals surface area contributed by atoms with E-state index in [-0.39, 0.29) is 24.8 Å². The third-order valence-electron chi connectivity index (χ3n) is 8.77. The summed E-state index contributed by atoms with van der Waals surface area (Å²) in [5, 5.41) is 1.70. The monoisotopic (exact) mass is 658 g/mol. The van der Waals surface area contributed by atoms with Gasteiger partial charge in [0, 0.05) is 23.1 Å². The molecule has 4 aromatic rings. The van der Waals surface area contributed by atoms with Crippen LogP contribution in [0.3, 0.4) is 0 Å². The van der Waals surface area contributed by atoms with Crippen LogP contribution in [0.25, 0.3) is 28.1 Å². The van der Waals surface area contributed by atoms with Crippen molar-refractivity contribution in [2.45, 2.75) is 55.9 Å². The second-order valence-corrected chi connectivity index (χ2v) is 17.6. The number of aromatic nitrogens is 1. The summed E-state index contributed by atoms with van der Waals surface area (Å²) >= 11 is 1.59. The van der Waals surface area contributed by atoms with E-state index in [2.05, 4.69) is 130 Å². The van der Waals surface area contributed by atoms with Crippen molar-refractivity contribution in [3.8, 4) is 16.8 Å². The number of benzene rings is 3. The van der Waals surface area contributed by atoms with Crippen molar-refractivity contribution in [3.63, 3.8) is 0 Å². The Hall–Kier alpha value is -1.90. The van der Waals surface area contributed by atoms with E-state index in [9.17, 15) is 0 Å². The topological polar surface area (TPSA) is 4.93 Å². The van der Waals surface area contributed by atoms with Crippen LogP contribution in [0.4, 0.5) is 0 Å². The predicted molar refractivity (Wildman–Crippen MR) is 161 cm³/mol. The molecule has 2 aliphatic carbocycles. The first-order valence-electron chi connectivity index (χ1n) is 13.9. The van der Waals surface area contributed by atoms with Gasteiger partial charge in [-0.15, -0.1) is 0 Å². The third kappa shape index (κ3) is 5.02. The van der Waals surface area contributed by atoms with Gasteiger partial charge in [-0.25, -0.2) is 0 Å². The van der Waals surface area contributed by atoms with Gasteiger partial charge in [0.05, 0.1) is 8.07 Å². The standard InChI is InChI=1S/C19H19.C16H17NSi.2ClH.Zr/c1-3-5-15-8-10-16(11-9-15)18-7-4-6-17-12-14(2)13-19(17)18;1-11-15-13-9-10-17(12-7-5-4-6-8-12)14(13)16(11)18(15,2)3;;;/h4,6-13H,3,5H2,1-2H3;4-10,15H,1-3H3;2*1H;/q;;;;+2/p-2. The Bertz CT molecular complexity index is 1580. The Balaban J connectivity index is 0.000000177. The summed E-state index contributed by atoms with van der Waals surface area (Å²) in [5.74, 6) is 0. The molecule has 0 saturated heterocycles. The van der Waals surface area contributed by atoms with Gasteiger partial charge < -0.3 is 29.4 Å². The Labute approximate surface area is 268 Å². The van der Waals surface area contributed by atoms with Gasteiger partial charge in [0.25, 0.3) is 0 Å². The second-order valence-electron chi connectivity index (χ2n) is 11.6. The number of hydrogen-bond acceptors (Lipinski definition) is 0. The first-order valence-corrected chi connectivity index (χ1v) is 18.4. The third-order valence-corrected chi connectivity index (χ3v) is 14.8. The SMILES string of the molecule is CC1=C2c3c(ccn3-c3ccccc3)C1[Si]2(C)C.CCCc1ccc(-c2cccc3c2C=C(C)[CH]3[Zr+2])cc1.[Cl-].[Cl-]. The van der Waals surface area contributed by atoms with Crippen molar-refractivity contribution in [1.82, 2.24) is 4.57 Å². The molecule has 0 spiro atoms. The molecule has 0 fully saturated rings. The minimum absolute atomic E-state index is 0. The zero-order valence-corrected chi connectivity index (χ0v) is 28.9. The minimum Gasteiger partial charge on any atom is -1.00 e. The van der Waals surface area contributed by atoms with Crippen LogP contribution >= 0.6 is 0 Å². The van der Waals surface area contributed by atoms with Crippen LogP contribution < -0.4 is 24.8 Å². The van der Waals surface area contributed by atoms with Gasteiger partial charge in [-0.3, -0.25) is 0 Å². The molecule has 0 saturated carbocycles. The smallest absolute Gasteiger partial charge is 1.00 e. The van der Waals surface area contributed by atoms with Crippen LogP contribution in [0.2, 0.25) is 13.1 Å². The molecule has 4 aliphatic rings. The molecule has 2 atom stereocenters. The molecule has 40 heavy (non-hydrogen) atoms. The van der Waals surface area contributed by atoms with Crippen molar-refractivity contribution >= 4 is 19.3 Å². The summed E-state index contributed by atoms with van der Waals surface area (Å²) < 4.78 is 3.03. The molecular weight excluding hydrogens is 625 g/mol. The Morgan fingerprint density at radius 1 is 0.825 bits per heavy atom. The number of aryl methyl sites for hydroxylation is 1. The number of hydrogen-bond donors (Lipinski definition) is 0. The van der Waals surface area contributed by atoms with Crippen molar-refractivity contribution in [3.05, 3.63) is 124 Å². The maximum Gasteiger partial charge on any atom is -1.00 e. The number of rotatable bonds is 4. The summed E-state index contributed by atoms with van der Waals surface area (Å²) in [6, 6.07) is 28.9. The van der Waals surface area contributed by atoms with E-state index in [1.165, 1.54) is 57.6 Å². The first-order chi connectivity index (χ1) is 18.3. The van der Waals surface area contributed by atoms with Crippen LogP contribution in [0.5, 0.6) is 0 Å². The fourth-order valence-corrected chi connectivity index (χ4v) is 12.2. The molecule has 3 heterocycles. The fraction of sp³-hybridized carbons (Fsp3) is 0.257. The minimum atomic E-state index is -1.17. The van der Waals surface area contributed by atoms with Crippen LogP contribution in [0.1, 0.15) is 64.3 Å². The van der Waals surface area contributed by atoms with E-state index in [4.69, 9.17) is 0 Å². The fourth-order valence-electron chi connectivity index (χ4n) is 7.07. The Kier molecular flexibility index (Phi) is 9.42. The quantitative estimate of drug-likeness (QED) is 0.296. The number of halogens is 2. The Morgan fingerprint density at radius 2 is 1.52 bits per heavy atom. The van der Waals surface area contributed by atoms with Crippen molar-refractivity contribution < 1.29 is 49.5 Å². The van der Waals surface area contributed by atoms with E-state index in [0.29, 0.717) is 3.63 Å². The van der Waals surface area contributed by atoms with E-state index in [1.54, 1.807) is 41.1 Å². The normalized spacial score (nSPS) is 18.8. The van der Waals surface area contributed by atoms with Gasteiger partial charge in [-0.05, 0) is 35.9 Å². The van der Waals surface area contributed by atoms with E-state index < -0.39 is 8.07 Å². The average Bonchev–Trinajstić information content (AvgIpc) is 3.61. The van der Waals surface area contributed by atoms with Gasteiger partial charge >= 0.3 is 137 Å². The first kappa shape index (κ1) is 31.0. The van der Waals surface area contributed by atoms with Crippen LogP contribution in [0, 0.1) is 0 Å². The Morgan fingerprint density at radius 3 is 2.17 bits per heavy atom. The van der Waals surface area contributed by atoms with Gasteiger partial charge in [0.2, 0.25) is 0 Å². The number of nitrogens with zero attached hydrogens (tertiary/aromatic N) is 1. The molecule has 0 amide bonds. The summed E-state index contributed by atoms with van der Waals surface area (Å²) in [4.78, 5) is 0. The molecule has 203 valence electrons. The number of fused-ring (bicyclic) bond motifs is 1. The molecule has 1 aromatic heterocycles. The largest absolute Gasteiger partial charge is 1.00 e. The molecule has 2 aliphatic heterocycles. The molecule has 5 heteroatoms. The number of allylic oxidation sites excluding steroid dienone is 2. The molecule has 1 nitrogen and oxygen atoms in total. The average molecular weight is 661 g/mol. The van der Waals surface area contributed by atoms with Crippen LogP contribution in [-0.4, -0.2) is 12.6 Å². The van der Waals surface area contributed by atoms with E-state index in [1.807, 2.05) is 0 Å². The van der Waals surface area contributed by atoms with Crippen LogP contribution in [0.15, 0.2) is 96.2 Å². The summed E-state index contributed by atoms with van der Waals surface area (Å²) in [6.07, 6.45) is 7.00. The maximum atomic E-state index is 2.51. The van der Waals surface area contributed by atoms with Gasteiger partial charge in [0.15, 0.2) is 0 Å². The zero-order chi connectivity index (χ0) is 26.6. The summed E-state index contributed by atoms with van der Waals surface area (Å²) in [5.41, 5.74) is 15.4. The number of para-hydroxylation sites is 1. The van der Waals surface area contributed by atoms with E-state index in [0.717, 1.165) is 5.54 Å². The van der Waals surface area contributed by atoms with E-state index >= 15 is 0 Å². The molecule has 8 rings (SSSR count). The summed E-state index contributed by atoms with van der Waals surface area (Å²) in [6.45, 7) is 11.8. The molecule has 0 radical (unpaired) electrons. The zero-order valence-electron chi connectivity index (χ0n) is 23.9. The van der Waals surface area contributed by atoms with Gasteiger partial charge in [-0.1, -0.05) is 36.9 Å². The predicted octanol–water partition coefficient (Wildman–Crippen LogP) is 3.47. The molecule has 3 aromatic carbocycles. The maximum absolute atomic E-state index is 2.51. The van der Waals surface area contributed by atoms with Gasteiger partial charge in [-0.2, -0.15) is 0 Å². The van der Waals surface area contributed by atoms with Crippen molar-refractivity contribution in [2.75, 3.05) is 0 Å². The van der Waals surface area contributed by atoms with Crippen molar-refractivity contribution in [2.24, 2.45) is 0 Å². The molecule has 0 N–H and O–H groups in total. The molecular formula is C35H36Cl2NSiZr.